The van der Waals surface area contributed by atoms with Gasteiger partial charge in [0.25, 0.3) is 0 Å². The first kappa shape index (κ1) is 13.0. The summed E-state index contributed by atoms with van der Waals surface area (Å²) in [5, 5.41) is 0. The van der Waals surface area contributed by atoms with Crippen molar-refractivity contribution in [3.05, 3.63) is 22.7 Å². The van der Waals surface area contributed by atoms with Gasteiger partial charge in [-0.3, -0.25) is 0 Å². The molecule has 1 aromatic rings. The Hall–Kier alpha value is -0.455. The van der Waals surface area contributed by atoms with Crippen LogP contribution in [0.15, 0.2) is 16.9 Å². The number of rotatable bonds is 1. The third kappa shape index (κ3) is 2.14. The number of hydrogen-bond acceptors (Lipinski definition) is 3. The zero-order chi connectivity index (χ0) is 12.8. The van der Waals surface area contributed by atoms with Crippen molar-refractivity contribution < 1.29 is 13.7 Å². The van der Waals surface area contributed by atoms with E-state index in [9.17, 15) is 4.39 Å². The van der Waals surface area contributed by atoms with Crippen molar-refractivity contribution >= 4 is 28.5 Å². The van der Waals surface area contributed by atoms with Crippen LogP contribution < -0.4 is 5.46 Å². The van der Waals surface area contributed by atoms with Crippen molar-refractivity contribution in [2.75, 3.05) is 0 Å². The van der Waals surface area contributed by atoms with Crippen LogP contribution in [0.5, 0.6) is 0 Å². The van der Waals surface area contributed by atoms with Crippen LogP contribution in [0.3, 0.4) is 0 Å². The van der Waals surface area contributed by atoms with Crippen LogP contribution in [-0.4, -0.2) is 23.3 Å². The molecule has 0 spiro atoms. The van der Waals surface area contributed by atoms with Gasteiger partial charge < -0.3 is 9.31 Å². The highest BCUT2D eigenvalue weighted by atomic mass is 79.9. The van der Waals surface area contributed by atoms with E-state index in [0.29, 0.717) is 10.1 Å². The van der Waals surface area contributed by atoms with Gasteiger partial charge in [0.1, 0.15) is 10.4 Å². The summed E-state index contributed by atoms with van der Waals surface area (Å²) in [6.07, 6.45) is 1.40. The molecule has 0 aromatic carbocycles. The zero-order valence-corrected chi connectivity index (χ0v) is 11.8. The lowest BCUT2D eigenvalue weighted by Gasteiger charge is -2.32. The second kappa shape index (κ2) is 4.04. The fourth-order valence-corrected chi connectivity index (χ4v) is 2.09. The second-order valence-electron chi connectivity index (χ2n) is 5.09. The molecule has 0 amide bonds. The molecule has 92 valence electrons. The molecule has 1 saturated heterocycles. The van der Waals surface area contributed by atoms with Gasteiger partial charge in [-0.2, -0.15) is 0 Å². The minimum absolute atomic E-state index is 0.311. The second-order valence-corrected chi connectivity index (χ2v) is 5.84. The van der Waals surface area contributed by atoms with Crippen molar-refractivity contribution in [1.82, 2.24) is 4.98 Å². The van der Waals surface area contributed by atoms with Crippen LogP contribution in [0.25, 0.3) is 0 Å². The van der Waals surface area contributed by atoms with Crippen LogP contribution in [0.1, 0.15) is 27.7 Å². The Balaban J connectivity index is 2.39. The first-order valence-electron chi connectivity index (χ1n) is 5.40. The van der Waals surface area contributed by atoms with Crippen molar-refractivity contribution in [3.63, 3.8) is 0 Å². The van der Waals surface area contributed by atoms with E-state index in [-0.39, 0.29) is 5.82 Å². The van der Waals surface area contributed by atoms with Gasteiger partial charge in [-0.1, -0.05) is 0 Å². The first-order valence-corrected chi connectivity index (χ1v) is 6.19. The maximum atomic E-state index is 13.8. The van der Waals surface area contributed by atoms with Crippen LogP contribution >= 0.6 is 15.9 Å². The van der Waals surface area contributed by atoms with E-state index in [1.54, 1.807) is 0 Å². The lowest BCUT2D eigenvalue weighted by molar-refractivity contribution is 0.00578. The molecule has 6 heteroatoms. The van der Waals surface area contributed by atoms with E-state index < -0.39 is 18.3 Å². The highest BCUT2D eigenvalue weighted by Crippen LogP contribution is 2.37. The van der Waals surface area contributed by atoms with Gasteiger partial charge in [-0.25, -0.2) is 9.37 Å². The highest BCUT2D eigenvalue weighted by molar-refractivity contribution is 9.10. The maximum Gasteiger partial charge on any atom is 0.500 e. The van der Waals surface area contributed by atoms with Crippen LogP contribution in [0.2, 0.25) is 0 Å². The molecular formula is C11H14BBrFNO2. The molecule has 0 bridgehead atoms. The monoisotopic (exact) mass is 301 g/mol. The van der Waals surface area contributed by atoms with E-state index in [4.69, 9.17) is 9.31 Å². The Morgan fingerprint density at radius 2 is 1.76 bits per heavy atom. The Morgan fingerprint density at radius 3 is 2.24 bits per heavy atom. The fraction of sp³-hybridized carbons (Fsp3) is 0.545. The van der Waals surface area contributed by atoms with Crippen LogP contribution in [-0.2, 0) is 9.31 Å². The van der Waals surface area contributed by atoms with Gasteiger partial charge in [0.2, 0.25) is 0 Å². The normalized spacial score (nSPS) is 21.9. The largest absolute Gasteiger partial charge is 0.500 e. The molecule has 1 fully saturated rings. The third-order valence-corrected chi connectivity index (χ3v) is 4.01. The van der Waals surface area contributed by atoms with E-state index in [1.807, 2.05) is 27.7 Å². The van der Waals surface area contributed by atoms with Gasteiger partial charge in [-0.05, 0) is 49.7 Å². The van der Waals surface area contributed by atoms with Crippen LogP contribution in [0.4, 0.5) is 4.39 Å². The molecule has 2 heterocycles. The van der Waals surface area contributed by atoms with Crippen molar-refractivity contribution in [2.24, 2.45) is 0 Å². The summed E-state index contributed by atoms with van der Waals surface area (Å²) < 4.78 is 25.7. The SMILES string of the molecule is CC1(C)OB(c2c(F)ccnc2Br)OC1(C)C. The lowest BCUT2D eigenvalue weighted by Crippen LogP contribution is -2.41. The van der Waals surface area contributed by atoms with Gasteiger partial charge in [0.15, 0.2) is 0 Å². The number of aromatic nitrogens is 1. The summed E-state index contributed by atoms with van der Waals surface area (Å²) in [5.74, 6) is -0.384. The Morgan fingerprint density at radius 1 is 1.24 bits per heavy atom. The van der Waals surface area contributed by atoms with E-state index >= 15 is 0 Å². The molecule has 0 radical (unpaired) electrons. The highest BCUT2D eigenvalue weighted by Gasteiger charge is 2.53. The molecule has 3 nitrogen and oxygen atoms in total. The molecule has 0 N–H and O–H groups in total. The predicted molar refractivity (Wildman–Crippen MR) is 67.6 cm³/mol. The Labute approximate surface area is 109 Å². The van der Waals surface area contributed by atoms with E-state index in [1.165, 1.54) is 12.3 Å². The molecule has 1 aliphatic rings. The summed E-state index contributed by atoms with van der Waals surface area (Å²) in [6.45, 7) is 7.70. The molecule has 17 heavy (non-hydrogen) atoms. The fourth-order valence-electron chi connectivity index (χ4n) is 1.60. The van der Waals surface area contributed by atoms with Gasteiger partial charge >= 0.3 is 7.12 Å². The number of halogens is 2. The van der Waals surface area contributed by atoms with Crippen LogP contribution in [0, 0.1) is 5.82 Å². The number of nitrogens with zero attached hydrogens (tertiary/aromatic N) is 1. The molecule has 0 aliphatic carbocycles. The first-order chi connectivity index (χ1) is 7.74. The Kier molecular flexibility index (Phi) is 3.08. The summed E-state index contributed by atoms with van der Waals surface area (Å²) in [7, 11) is -0.733. The topological polar surface area (TPSA) is 31.4 Å². The average Bonchev–Trinajstić information content (AvgIpc) is 2.35. The minimum Gasteiger partial charge on any atom is -0.399 e. The standard InChI is InChI=1S/C11H14BBrFNO2/c1-10(2)11(3,4)17-12(16-10)8-7(14)5-6-15-9(8)13/h5-6H,1-4H3. The zero-order valence-electron chi connectivity index (χ0n) is 10.3. The predicted octanol–water partition coefficient (Wildman–Crippen LogP) is 2.28. The summed E-state index contributed by atoms with van der Waals surface area (Å²) in [6, 6.07) is 1.30. The quantitative estimate of drug-likeness (QED) is 0.589. The molecule has 0 unspecified atom stereocenters. The summed E-state index contributed by atoms with van der Waals surface area (Å²) in [4.78, 5) is 4.00. The molecule has 1 aliphatic heterocycles. The molecule has 0 saturated carbocycles. The van der Waals surface area contributed by atoms with Crippen molar-refractivity contribution in [2.45, 2.75) is 38.9 Å². The van der Waals surface area contributed by atoms with E-state index in [0.717, 1.165) is 0 Å². The van der Waals surface area contributed by atoms with Gasteiger partial charge in [-0.15, -0.1) is 0 Å². The maximum absolute atomic E-state index is 13.8. The molecule has 0 atom stereocenters. The van der Waals surface area contributed by atoms with Crippen molar-refractivity contribution in [1.29, 1.82) is 0 Å². The third-order valence-electron chi connectivity index (χ3n) is 3.38. The number of pyridine rings is 1. The molecule has 1 aromatic heterocycles. The smallest absolute Gasteiger partial charge is 0.399 e. The van der Waals surface area contributed by atoms with Crippen molar-refractivity contribution in [3.8, 4) is 0 Å². The summed E-state index contributed by atoms with van der Waals surface area (Å²) >= 11 is 3.22. The lowest BCUT2D eigenvalue weighted by atomic mass is 9.80. The minimum atomic E-state index is -0.733. The molecular weight excluding hydrogens is 288 g/mol. The van der Waals surface area contributed by atoms with Gasteiger partial charge in [0, 0.05) is 6.20 Å². The number of hydrogen-bond donors (Lipinski definition) is 0. The average molecular weight is 302 g/mol. The molecule has 2 rings (SSSR count). The van der Waals surface area contributed by atoms with Gasteiger partial charge in [0.05, 0.1) is 16.7 Å². The summed E-state index contributed by atoms with van der Waals surface area (Å²) in [5.41, 5.74) is -0.662. The Bertz CT molecular complexity index is 417. The van der Waals surface area contributed by atoms with E-state index in [2.05, 4.69) is 20.9 Å².